The van der Waals surface area contributed by atoms with Crippen molar-refractivity contribution in [2.75, 3.05) is 38.6 Å². The minimum Gasteiger partial charge on any atom is -0.475 e. The van der Waals surface area contributed by atoms with Crippen LogP contribution in [0.3, 0.4) is 0 Å². The second-order valence-electron chi connectivity index (χ2n) is 4.61. The van der Waals surface area contributed by atoms with Gasteiger partial charge in [0.1, 0.15) is 17.4 Å². The number of halogens is 2. The molecule has 0 radical (unpaired) electrons. The van der Waals surface area contributed by atoms with Crippen molar-refractivity contribution >= 4 is 29.0 Å². The topological polar surface area (TPSA) is 37.4 Å². The minimum absolute atomic E-state index is 0.437. The molecule has 1 aromatic rings. The molecule has 2 rings (SSSR count). The van der Waals surface area contributed by atoms with Crippen LogP contribution in [-0.2, 0) is 0 Å². The zero-order valence-electron chi connectivity index (χ0n) is 11.1. The summed E-state index contributed by atoms with van der Waals surface area (Å²) in [6, 6.07) is 1.65. The van der Waals surface area contributed by atoms with E-state index in [1.165, 1.54) is 19.3 Å². The lowest BCUT2D eigenvalue weighted by Gasteiger charge is -2.26. The molecule has 0 aliphatic carbocycles. The molecular weight excluding hydrogens is 285 g/mol. The molecule has 1 aliphatic rings. The second kappa shape index (κ2) is 7.17. The average molecular weight is 304 g/mol. The van der Waals surface area contributed by atoms with E-state index in [1.807, 2.05) is 0 Å². The Labute approximate surface area is 124 Å². The van der Waals surface area contributed by atoms with Crippen LogP contribution < -0.4 is 10.1 Å². The lowest BCUT2D eigenvalue weighted by atomic mass is 10.1. The van der Waals surface area contributed by atoms with Gasteiger partial charge in [0.15, 0.2) is 0 Å². The number of hydrogen-bond donors (Lipinski definition) is 1. The van der Waals surface area contributed by atoms with E-state index >= 15 is 0 Å². The third kappa shape index (κ3) is 4.13. The van der Waals surface area contributed by atoms with Gasteiger partial charge in [-0.2, -0.15) is 4.98 Å². The molecular formula is C13H19Cl2N3O. The van der Waals surface area contributed by atoms with Crippen molar-refractivity contribution in [1.29, 1.82) is 0 Å². The van der Waals surface area contributed by atoms with E-state index in [-0.39, 0.29) is 0 Å². The molecule has 4 nitrogen and oxygen atoms in total. The molecule has 1 saturated heterocycles. The third-order valence-corrected chi connectivity index (χ3v) is 3.79. The van der Waals surface area contributed by atoms with E-state index in [0.717, 1.165) is 19.6 Å². The molecule has 0 amide bonds. The molecule has 0 aromatic carbocycles. The van der Waals surface area contributed by atoms with Crippen molar-refractivity contribution in [1.82, 2.24) is 9.88 Å². The Morgan fingerprint density at radius 2 is 2.00 bits per heavy atom. The Balaban J connectivity index is 1.88. The summed E-state index contributed by atoms with van der Waals surface area (Å²) >= 11 is 12.1. The van der Waals surface area contributed by atoms with Gasteiger partial charge in [-0.25, -0.2) is 0 Å². The Bertz CT molecular complexity index is 423. The number of hydrogen-bond acceptors (Lipinski definition) is 4. The van der Waals surface area contributed by atoms with E-state index in [4.69, 9.17) is 27.9 Å². The average Bonchev–Trinajstić information content (AvgIpc) is 2.42. The Hall–Kier alpha value is -0.710. The number of rotatable bonds is 5. The summed E-state index contributed by atoms with van der Waals surface area (Å²) in [7, 11) is 1.76. The van der Waals surface area contributed by atoms with Gasteiger partial charge in [-0.3, -0.25) is 4.90 Å². The largest absolute Gasteiger partial charge is 0.475 e. The van der Waals surface area contributed by atoms with Crippen molar-refractivity contribution in [2.24, 2.45) is 0 Å². The lowest BCUT2D eigenvalue weighted by Crippen LogP contribution is -2.33. The number of anilines is 1. The summed E-state index contributed by atoms with van der Waals surface area (Å²) in [6.45, 7) is 3.83. The van der Waals surface area contributed by atoms with Crippen molar-refractivity contribution in [2.45, 2.75) is 19.3 Å². The van der Waals surface area contributed by atoms with Crippen molar-refractivity contribution in [3.8, 4) is 5.88 Å². The quantitative estimate of drug-likeness (QED) is 0.906. The van der Waals surface area contributed by atoms with Crippen molar-refractivity contribution < 1.29 is 4.74 Å². The first-order valence-electron chi connectivity index (χ1n) is 6.59. The number of ether oxygens (including phenoxy) is 1. The van der Waals surface area contributed by atoms with E-state index < -0.39 is 0 Å². The first-order valence-corrected chi connectivity index (χ1v) is 7.35. The third-order valence-electron chi connectivity index (χ3n) is 3.23. The van der Waals surface area contributed by atoms with Crippen LogP contribution in [0.15, 0.2) is 6.07 Å². The highest BCUT2D eigenvalue weighted by Crippen LogP contribution is 2.30. The number of nitrogens with one attached hydrogen (secondary N) is 1. The SMILES string of the molecule is CNc1nc(OCCN2CCCCC2)c(Cl)cc1Cl. The fourth-order valence-corrected chi connectivity index (χ4v) is 2.69. The van der Waals surface area contributed by atoms with Crippen LogP contribution in [0.25, 0.3) is 0 Å². The number of piperidine rings is 1. The highest BCUT2D eigenvalue weighted by molar-refractivity contribution is 6.36. The van der Waals surface area contributed by atoms with Gasteiger partial charge < -0.3 is 10.1 Å². The van der Waals surface area contributed by atoms with Gasteiger partial charge >= 0.3 is 0 Å². The molecule has 2 heterocycles. The molecule has 19 heavy (non-hydrogen) atoms. The van der Waals surface area contributed by atoms with E-state index in [0.29, 0.717) is 28.3 Å². The molecule has 1 fully saturated rings. The molecule has 0 bridgehead atoms. The fraction of sp³-hybridized carbons (Fsp3) is 0.615. The molecule has 0 atom stereocenters. The van der Waals surface area contributed by atoms with Gasteiger partial charge in [0.2, 0.25) is 5.88 Å². The maximum atomic E-state index is 6.07. The predicted octanol–water partition coefficient (Wildman–Crippen LogP) is 3.29. The highest BCUT2D eigenvalue weighted by atomic mass is 35.5. The standard InChI is InChI=1S/C13H19Cl2N3O/c1-16-12-10(14)9-11(15)13(17-12)19-8-7-18-5-3-2-4-6-18/h9H,2-8H2,1H3,(H,16,17). The number of nitrogens with zero attached hydrogens (tertiary/aromatic N) is 2. The highest BCUT2D eigenvalue weighted by Gasteiger charge is 2.12. The van der Waals surface area contributed by atoms with Crippen LogP contribution in [0.5, 0.6) is 5.88 Å². The number of aromatic nitrogens is 1. The van der Waals surface area contributed by atoms with Crippen molar-refractivity contribution in [3.63, 3.8) is 0 Å². The molecule has 1 aromatic heterocycles. The maximum absolute atomic E-state index is 6.07. The van der Waals surface area contributed by atoms with Gasteiger partial charge in [0, 0.05) is 13.6 Å². The number of likely N-dealkylation sites (tertiary alicyclic amines) is 1. The molecule has 6 heteroatoms. The van der Waals surface area contributed by atoms with Gasteiger partial charge in [-0.05, 0) is 32.0 Å². The van der Waals surface area contributed by atoms with E-state index in [1.54, 1.807) is 13.1 Å². The Kier molecular flexibility index (Phi) is 5.55. The summed E-state index contributed by atoms with van der Waals surface area (Å²) in [5.41, 5.74) is 0. The Morgan fingerprint density at radius 1 is 1.26 bits per heavy atom. The van der Waals surface area contributed by atoms with Crippen LogP contribution in [-0.4, -0.2) is 43.2 Å². The predicted molar refractivity (Wildman–Crippen MR) is 79.6 cm³/mol. The monoisotopic (exact) mass is 303 g/mol. The molecule has 0 spiro atoms. The van der Waals surface area contributed by atoms with E-state index in [2.05, 4.69) is 15.2 Å². The Morgan fingerprint density at radius 3 is 2.68 bits per heavy atom. The van der Waals surface area contributed by atoms with Crippen LogP contribution >= 0.6 is 23.2 Å². The molecule has 1 N–H and O–H groups in total. The second-order valence-corrected chi connectivity index (χ2v) is 5.42. The van der Waals surface area contributed by atoms with Crippen LogP contribution in [0.1, 0.15) is 19.3 Å². The number of pyridine rings is 1. The van der Waals surface area contributed by atoms with Crippen LogP contribution in [0, 0.1) is 0 Å². The van der Waals surface area contributed by atoms with Gasteiger partial charge in [0.05, 0.1) is 5.02 Å². The van der Waals surface area contributed by atoms with Gasteiger partial charge in [-0.15, -0.1) is 0 Å². The van der Waals surface area contributed by atoms with Gasteiger partial charge in [-0.1, -0.05) is 29.6 Å². The van der Waals surface area contributed by atoms with Crippen molar-refractivity contribution in [3.05, 3.63) is 16.1 Å². The normalized spacial score (nSPS) is 16.4. The first kappa shape index (κ1) is 14.7. The summed E-state index contributed by atoms with van der Waals surface area (Å²) in [4.78, 5) is 6.67. The van der Waals surface area contributed by atoms with Crippen LogP contribution in [0.2, 0.25) is 10.0 Å². The zero-order valence-corrected chi connectivity index (χ0v) is 12.6. The summed E-state index contributed by atoms with van der Waals surface area (Å²) in [5.74, 6) is 1.02. The van der Waals surface area contributed by atoms with Gasteiger partial charge in [0.25, 0.3) is 0 Å². The first-order chi connectivity index (χ1) is 9.20. The van der Waals surface area contributed by atoms with E-state index in [9.17, 15) is 0 Å². The smallest absolute Gasteiger partial charge is 0.234 e. The molecule has 0 unspecified atom stereocenters. The summed E-state index contributed by atoms with van der Waals surface area (Å²) < 4.78 is 5.65. The molecule has 0 saturated carbocycles. The fourth-order valence-electron chi connectivity index (χ4n) is 2.18. The lowest BCUT2D eigenvalue weighted by molar-refractivity contribution is 0.180. The minimum atomic E-state index is 0.437. The summed E-state index contributed by atoms with van der Waals surface area (Å²) in [6.07, 6.45) is 3.90. The maximum Gasteiger partial charge on any atom is 0.234 e. The molecule has 1 aliphatic heterocycles. The zero-order chi connectivity index (χ0) is 13.7. The van der Waals surface area contributed by atoms with Crippen LogP contribution in [0.4, 0.5) is 5.82 Å². The summed E-state index contributed by atoms with van der Waals surface area (Å²) in [5, 5.41) is 3.85. The molecule has 106 valence electrons.